The van der Waals surface area contributed by atoms with Gasteiger partial charge < -0.3 is 5.73 Å². The van der Waals surface area contributed by atoms with E-state index in [1.165, 1.54) is 0 Å². The maximum atomic E-state index is 10.9. The zero-order valence-electron chi connectivity index (χ0n) is 9.23. The fraction of sp³-hybridized carbons (Fsp3) is 0.333. The summed E-state index contributed by atoms with van der Waals surface area (Å²) in [6, 6.07) is 8.03. The molecule has 0 radical (unpaired) electrons. The second-order valence-electron chi connectivity index (χ2n) is 4.00. The van der Waals surface area contributed by atoms with E-state index in [1.807, 2.05) is 31.2 Å². The Hall–Kier alpha value is -1.68. The van der Waals surface area contributed by atoms with Crippen LogP contribution in [0.2, 0.25) is 0 Å². The molecule has 0 aromatic heterocycles. The first kappa shape index (κ1) is 10.8. The number of carbonyl (C=O) groups excluding carboxylic acids is 1. The summed E-state index contributed by atoms with van der Waals surface area (Å²) in [5.41, 5.74) is 11.3. The summed E-state index contributed by atoms with van der Waals surface area (Å²) in [6.45, 7) is 1.95. The molecule has 1 amide bonds. The Morgan fingerprint density at radius 3 is 2.50 bits per heavy atom. The minimum atomic E-state index is -0.0176. The largest absolute Gasteiger partial charge is 0.324 e. The molecule has 0 bridgehead atoms. The van der Waals surface area contributed by atoms with Crippen LogP contribution in [0.25, 0.3) is 0 Å². The second kappa shape index (κ2) is 4.45. The van der Waals surface area contributed by atoms with Crippen LogP contribution in [0.3, 0.4) is 0 Å². The molecular formula is C12H15N3O. The number of hydrogen-bond donors (Lipinski definition) is 2. The van der Waals surface area contributed by atoms with Crippen molar-refractivity contribution in [3.8, 4) is 0 Å². The highest BCUT2D eigenvalue weighted by atomic mass is 16.2. The maximum Gasteiger partial charge on any atom is 0.240 e. The number of carbonyl (C=O) groups is 1. The van der Waals surface area contributed by atoms with Crippen LogP contribution in [-0.4, -0.2) is 11.6 Å². The Morgan fingerprint density at radius 1 is 1.31 bits per heavy atom. The first-order valence-corrected chi connectivity index (χ1v) is 5.38. The Labute approximate surface area is 94.5 Å². The summed E-state index contributed by atoms with van der Waals surface area (Å²) >= 11 is 0. The van der Waals surface area contributed by atoms with Gasteiger partial charge in [0, 0.05) is 18.9 Å². The summed E-state index contributed by atoms with van der Waals surface area (Å²) < 4.78 is 0. The van der Waals surface area contributed by atoms with Crippen LogP contribution in [0.4, 0.5) is 0 Å². The van der Waals surface area contributed by atoms with Crippen molar-refractivity contribution in [1.82, 2.24) is 5.43 Å². The molecule has 1 aromatic carbocycles. The molecule has 0 spiro atoms. The van der Waals surface area contributed by atoms with Crippen LogP contribution in [0.15, 0.2) is 29.4 Å². The summed E-state index contributed by atoms with van der Waals surface area (Å²) in [6.07, 6.45) is 1.21. The van der Waals surface area contributed by atoms with Crippen LogP contribution < -0.4 is 11.2 Å². The average molecular weight is 217 g/mol. The maximum absolute atomic E-state index is 10.9. The van der Waals surface area contributed by atoms with Gasteiger partial charge in [-0.15, -0.1) is 0 Å². The minimum absolute atomic E-state index is 0.0176. The lowest BCUT2D eigenvalue weighted by Gasteiger charge is -2.13. The second-order valence-corrected chi connectivity index (χ2v) is 4.00. The van der Waals surface area contributed by atoms with Crippen LogP contribution >= 0.6 is 0 Å². The van der Waals surface area contributed by atoms with Gasteiger partial charge in [0.15, 0.2) is 0 Å². The first-order valence-electron chi connectivity index (χ1n) is 5.38. The molecule has 3 N–H and O–H groups in total. The van der Waals surface area contributed by atoms with Crippen LogP contribution in [0.5, 0.6) is 0 Å². The molecule has 0 saturated heterocycles. The van der Waals surface area contributed by atoms with Gasteiger partial charge in [-0.2, -0.15) is 5.10 Å². The summed E-state index contributed by atoms with van der Waals surface area (Å²) in [5.74, 6) is -0.0176. The molecule has 0 aliphatic carbocycles. The number of nitrogens with two attached hydrogens (primary N) is 1. The Bertz CT molecular complexity index is 420. The molecule has 1 heterocycles. The van der Waals surface area contributed by atoms with E-state index in [2.05, 4.69) is 10.5 Å². The van der Waals surface area contributed by atoms with Gasteiger partial charge in [-0.25, -0.2) is 5.43 Å². The Kier molecular flexibility index (Phi) is 3.01. The Morgan fingerprint density at radius 2 is 2.00 bits per heavy atom. The van der Waals surface area contributed by atoms with Gasteiger partial charge >= 0.3 is 0 Å². The number of benzene rings is 1. The number of rotatable bonds is 2. The van der Waals surface area contributed by atoms with E-state index in [9.17, 15) is 4.79 Å². The summed E-state index contributed by atoms with van der Waals surface area (Å²) in [4.78, 5) is 10.9. The highest BCUT2D eigenvalue weighted by molar-refractivity contribution is 6.04. The molecule has 2 rings (SSSR count). The third-order valence-electron chi connectivity index (χ3n) is 2.67. The molecule has 4 nitrogen and oxygen atoms in total. The zero-order chi connectivity index (χ0) is 11.5. The van der Waals surface area contributed by atoms with Crippen molar-refractivity contribution >= 4 is 11.6 Å². The predicted octanol–water partition coefficient (Wildman–Crippen LogP) is 1.32. The zero-order valence-corrected chi connectivity index (χ0v) is 9.23. The lowest BCUT2D eigenvalue weighted by atomic mass is 10.0. The van der Waals surface area contributed by atoms with Crippen LogP contribution in [0.1, 0.15) is 36.9 Å². The van der Waals surface area contributed by atoms with Crippen molar-refractivity contribution < 1.29 is 4.79 Å². The molecule has 1 aliphatic rings. The van der Waals surface area contributed by atoms with Gasteiger partial charge in [-0.3, -0.25) is 4.79 Å². The first-order chi connectivity index (χ1) is 7.66. The fourth-order valence-corrected chi connectivity index (χ4v) is 1.66. The van der Waals surface area contributed by atoms with Crippen LogP contribution in [-0.2, 0) is 4.79 Å². The SMILES string of the molecule is CC(N)c1ccc(C2=NNC(=O)CC2)cc1. The van der Waals surface area contributed by atoms with Crippen molar-refractivity contribution in [1.29, 1.82) is 0 Å². The minimum Gasteiger partial charge on any atom is -0.324 e. The predicted molar refractivity (Wildman–Crippen MR) is 63.0 cm³/mol. The third kappa shape index (κ3) is 2.28. The van der Waals surface area contributed by atoms with Gasteiger partial charge in [0.05, 0.1) is 5.71 Å². The normalized spacial score (nSPS) is 17.6. The van der Waals surface area contributed by atoms with Gasteiger partial charge in [0.1, 0.15) is 0 Å². The molecule has 1 aliphatic heterocycles. The van der Waals surface area contributed by atoms with Gasteiger partial charge in [0.25, 0.3) is 0 Å². The summed E-state index contributed by atoms with van der Waals surface area (Å²) in [5, 5.41) is 4.04. The topological polar surface area (TPSA) is 67.5 Å². The van der Waals surface area contributed by atoms with Gasteiger partial charge in [-0.1, -0.05) is 24.3 Å². The molecule has 1 unspecified atom stereocenters. The Balaban J connectivity index is 2.19. The van der Waals surface area contributed by atoms with Crippen molar-refractivity contribution in [3.05, 3.63) is 35.4 Å². The summed E-state index contributed by atoms with van der Waals surface area (Å²) in [7, 11) is 0. The lowest BCUT2D eigenvalue weighted by molar-refractivity contribution is -0.121. The van der Waals surface area contributed by atoms with E-state index in [0.717, 1.165) is 16.8 Å². The average Bonchev–Trinajstić information content (AvgIpc) is 2.30. The van der Waals surface area contributed by atoms with Gasteiger partial charge in [-0.05, 0) is 18.1 Å². The van der Waals surface area contributed by atoms with E-state index in [0.29, 0.717) is 12.8 Å². The van der Waals surface area contributed by atoms with E-state index in [1.54, 1.807) is 0 Å². The molecule has 0 fully saturated rings. The van der Waals surface area contributed by atoms with Crippen molar-refractivity contribution in [2.24, 2.45) is 10.8 Å². The molecule has 1 aromatic rings. The van der Waals surface area contributed by atoms with Crippen molar-refractivity contribution in [2.45, 2.75) is 25.8 Å². The van der Waals surface area contributed by atoms with E-state index < -0.39 is 0 Å². The number of hydrogen-bond acceptors (Lipinski definition) is 3. The third-order valence-corrected chi connectivity index (χ3v) is 2.67. The van der Waals surface area contributed by atoms with Crippen molar-refractivity contribution in [2.75, 3.05) is 0 Å². The van der Waals surface area contributed by atoms with Gasteiger partial charge in [0.2, 0.25) is 5.91 Å². The fourth-order valence-electron chi connectivity index (χ4n) is 1.66. The molecule has 84 valence electrons. The standard InChI is InChI=1S/C12H15N3O/c1-8(13)9-2-4-10(5-3-9)11-6-7-12(16)15-14-11/h2-5,8H,6-7,13H2,1H3,(H,15,16). The highest BCUT2D eigenvalue weighted by Crippen LogP contribution is 2.14. The smallest absolute Gasteiger partial charge is 0.240 e. The molecule has 0 saturated carbocycles. The molecular weight excluding hydrogens is 202 g/mol. The number of nitrogens with one attached hydrogen (secondary N) is 1. The van der Waals surface area contributed by atoms with E-state index in [4.69, 9.17) is 5.73 Å². The lowest BCUT2D eigenvalue weighted by Crippen LogP contribution is -2.25. The number of amides is 1. The highest BCUT2D eigenvalue weighted by Gasteiger charge is 2.13. The van der Waals surface area contributed by atoms with Crippen molar-refractivity contribution in [3.63, 3.8) is 0 Å². The van der Waals surface area contributed by atoms with Crippen LogP contribution in [0, 0.1) is 0 Å². The number of hydrazone groups is 1. The number of nitrogens with zero attached hydrogens (tertiary/aromatic N) is 1. The molecule has 16 heavy (non-hydrogen) atoms. The van der Waals surface area contributed by atoms with E-state index >= 15 is 0 Å². The quantitative estimate of drug-likeness (QED) is 0.784. The monoisotopic (exact) mass is 217 g/mol. The van der Waals surface area contributed by atoms with E-state index in [-0.39, 0.29) is 11.9 Å². The molecule has 4 heteroatoms. The molecule has 1 atom stereocenters.